The molecule has 5 heteroatoms. The van der Waals surface area contributed by atoms with Crippen molar-refractivity contribution in [2.45, 2.75) is 12.8 Å². The molecule has 1 aliphatic carbocycles. The molecule has 0 amide bonds. The van der Waals surface area contributed by atoms with Crippen LogP contribution in [0.15, 0.2) is 0 Å². The first-order valence-electron chi connectivity index (χ1n) is 3.47. The maximum absolute atomic E-state index is 11.1. The van der Waals surface area contributed by atoms with Gasteiger partial charge in [0.05, 0.1) is 7.11 Å². The van der Waals surface area contributed by atoms with Crippen LogP contribution in [0.3, 0.4) is 0 Å². The second kappa shape index (κ2) is 2.87. The third-order valence-electron chi connectivity index (χ3n) is 1.97. The number of esters is 1. The number of nitrogens with zero attached hydrogens (tertiary/aromatic N) is 2. The van der Waals surface area contributed by atoms with E-state index in [0.29, 0.717) is 12.8 Å². The van der Waals surface area contributed by atoms with Crippen LogP contribution in [0.1, 0.15) is 12.8 Å². The molecule has 5 nitrogen and oxygen atoms in total. The molecule has 0 saturated heterocycles. The highest BCUT2D eigenvalue weighted by atomic mass is 16.5. The number of hydrogen-bond acceptors (Lipinski definition) is 3. The predicted octanol–water partition coefficient (Wildman–Crippen LogP) is -0.191. The van der Waals surface area contributed by atoms with E-state index in [-0.39, 0.29) is 0 Å². The Bertz CT molecular complexity index is 274. The Morgan fingerprint density at radius 2 is 2.17 bits per heavy atom. The third kappa shape index (κ3) is 1.14. The number of rotatable bonds is 3. The molecule has 1 fully saturated rings. The van der Waals surface area contributed by atoms with Crippen LogP contribution in [0.25, 0.3) is 5.53 Å². The SMILES string of the molecule is COC(=O)C1(C(=O)C=[N+]=[N-])CC1. The van der Waals surface area contributed by atoms with Crippen molar-refractivity contribution in [3.63, 3.8) is 0 Å². The number of hydrogen-bond donors (Lipinski definition) is 0. The smallest absolute Gasteiger partial charge is 0.324 e. The number of Topliss-reactive ketones (excluding diaryl/α,β-unsaturated/α-hetero) is 1. The minimum absolute atomic E-state index is 0.477. The molecule has 1 rings (SSSR count). The molecule has 0 aromatic heterocycles. The number of ether oxygens (including phenoxy) is 1. The molecule has 0 N–H and O–H groups in total. The van der Waals surface area contributed by atoms with Gasteiger partial charge in [-0.15, -0.1) is 0 Å². The molecule has 0 unspecified atom stereocenters. The molecule has 0 atom stereocenters. The molecule has 0 spiro atoms. The van der Waals surface area contributed by atoms with E-state index in [2.05, 4.69) is 9.53 Å². The second-order valence-electron chi connectivity index (χ2n) is 2.68. The van der Waals surface area contributed by atoms with Crippen molar-refractivity contribution in [1.82, 2.24) is 0 Å². The number of ketones is 1. The largest absolute Gasteiger partial charge is 0.468 e. The Labute approximate surface area is 68.9 Å². The molecular weight excluding hydrogens is 160 g/mol. The molecule has 12 heavy (non-hydrogen) atoms. The van der Waals surface area contributed by atoms with Gasteiger partial charge >= 0.3 is 12.2 Å². The summed E-state index contributed by atoms with van der Waals surface area (Å²) < 4.78 is 4.44. The topological polar surface area (TPSA) is 79.8 Å². The van der Waals surface area contributed by atoms with E-state index in [1.807, 2.05) is 0 Å². The van der Waals surface area contributed by atoms with Gasteiger partial charge < -0.3 is 10.3 Å². The zero-order valence-corrected chi connectivity index (χ0v) is 6.61. The molecule has 1 saturated carbocycles. The summed E-state index contributed by atoms with van der Waals surface area (Å²) in [5.74, 6) is -1.04. The summed E-state index contributed by atoms with van der Waals surface area (Å²) in [6.45, 7) is 0. The monoisotopic (exact) mass is 168 g/mol. The van der Waals surface area contributed by atoms with Gasteiger partial charge in [-0.05, 0) is 12.8 Å². The average molecular weight is 168 g/mol. The molecule has 64 valence electrons. The summed E-state index contributed by atoms with van der Waals surface area (Å²) in [4.78, 5) is 24.7. The van der Waals surface area contributed by atoms with Gasteiger partial charge in [0.15, 0.2) is 0 Å². The Balaban J connectivity index is 2.79. The summed E-state index contributed by atoms with van der Waals surface area (Å²) >= 11 is 0. The van der Waals surface area contributed by atoms with E-state index in [1.165, 1.54) is 7.11 Å². The van der Waals surface area contributed by atoms with E-state index in [9.17, 15) is 9.59 Å². The quantitative estimate of drug-likeness (QED) is 0.192. The van der Waals surface area contributed by atoms with E-state index in [0.717, 1.165) is 6.21 Å². The van der Waals surface area contributed by atoms with Crippen LogP contribution in [0.5, 0.6) is 0 Å². The highest BCUT2D eigenvalue weighted by Gasteiger charge is 2.58. The maximum atomic E-state index is 11.1. The number of carbonyl (C=O) groups excluding carboxylic acids is 2. The maximum Gasteiger partial charge on any atom is 0.324 e. The zero-order valence-electron chi connectivity index (χ0n) is 6.61. The molecular formula is C7H8N2O3. The lowest BCUT2D eigenvalue weighted by Gasteiger charge is -2.04. The highest BCUT2D eigenvalue weighted by Crippen LogP contribution is 2.46. The van der Waals surface area contributed by atoms with Gasteiger partial charge in [-0.3, -0.25) is 9.59 Å². The fraction of sp³-hybridized carbons (Fsp3) is 0.571. The first-order chi connectivity index (χ1) is 5.67. The molecule has 0 aromatic rings. The Hall–Kier alpha value is -1.48. The van der Waals surface area contributed by atoms with Crippen molar-refractivity contribution in [2.75, 3.05) is 7.11 Å². The second-order valence-corrected chi connectivity index (χ2v) is 2.68. The van der Waals surface area contributed by atoms with Crippen LogP contribution in [0.2, 0.25) is 0 Å². The van der Waals surface area contributed by atoms with E-state index in [1.54, 1.807) is 0 Å². The lowest BCUT2D eigenvalue weighted by Crippen LogP contribution is -2.28. The number of carbonyl (C=O) groups is 2. The van der Waals surface area contributed by atoms with Gasteiger partial charge in [-0.1, -0.05) is 0 Å². The molecule has 0 aromatic carbocycles. The van der Waals surface area contributed by atoms with Crippen LogP contribution >= 0.6 is 0 Å². The van der Waals surface area contributed by atoms with Gasteiger partial charge in [0.2, 0.25) is 0 Å². The van der Waals surface area contributed by atoms with Gasteiger partial charge in [0.1, 0.15) is 5.41 Å². The van der Waals surface area contributed by atoms with Crippen LogP contribution < -0.4 is 0 Å². The molecule has 0 heterocycles. The standard InChI is InChI=1S/C7H8N2O3/c1-12-6(11)7(2-3-7)5(10)4-9-8/h4H,2-3H2,1H3. The van der Waals surface area contributed by atoms with Crippen molar-refractivity contribution in [3.8, 4) is 0 Å². The minimum Gasteiger partial charge on any atom is -0.468 e. The molecule has 0 bridgehead atoms. The van der Waals surface area contributed by atoms with Gasteiger partial charge in [-0.2, -0.15) is 4.79 Å². The normalized spacial score (nSPS) is 17.4. The summed E-state index contributed by atoms with van der Waals surface area (Å²) in [6.07, 6.45) is 1.69. The fourth-order valence-corrected chi connectivity index (χ4v) is 1.05. The zero-order chi connectivity index (χ0) is 9.19. The Morgan fingerprint density at radius 1 is 1.58 bits per heavy atom. The Morgan fingerprint density at radius 3 is 2.50 bits per heavy atom. The van der Waals surface area contributed by atoms with Crippen molar-refractivity contribution >= 4 is 18.0 Å². The molecule has 0 radical (unpaired) electrons. The van der Waals surface area contributed by atoms with Gasteiger partial charge in [-0.25, -0.2) is 0 Å². The van der Waals surface area contributed by atoms with Crippen molar-refractivity contribution in [3.05, 3.63) is 5.53 Å². The van der Waals surface area contributed by atoms with Crippen molar-refractivity contribution in [2.24, 2.45) is 5.41 Å². The predicted molar refractivity (Wildman–Crippen MR) is 38.4 cm³/mol. The third-order valence-corrected chi connectivity index (χ3v) is 1.97. The van der Waals surface area contributed by atoms with E-state index >= 15 is 0 Å². The fourth-order valence-electron chi connectivity index (χ4n) is 1.05. The summed E-state index contributed by atoms with van der Waals surface area (Å²) in [6, 6.07) is 0. The lowest BCUT2D eigenvalue weighted by atomic mass is 10.0. The number of methoxy groups -OCH3 is 1. The molecule has 1 aliphatic rings. The van der Waals surface area contributed by atoms with E-state index < -0.39 is 17.2 Å². The van der Waals surface area contributed by atoms with Crippen LogP contribution in [-0.4, -0.2) is 29.9 Å². The first kappa shape index (κ1) is 8.62. The summed E-state index contributed by atoms with van der Waals surface area (Å²) in [5, 5.41) is 0. The van der Waals surface area contributed by atoms with Crippen LogP contribution in [0, 0.1) is 5.41 Å². The van der Waals surface area contributed by atoms with Crippen LogP contribution in [0.4, 0.5) is 0 Å². The summed E-state index contributed by atoms with van der Waals surface area (Å²) in [7, 11) is 1.23. The Kier molecular flexibility index (Phi) is 2.06. The lowest BCUT2D eigenvalue weighted by molar-refractivity contribution is -0.150. The van der Waals surface area contributed by atoms with Gasteiger partial charge in [0, 0.05) is 0 Å². The minimum atomic E-state index is -1.04. The first-order valence-corrected chi connectivity index (χ1v) is 3.47. The summed E-state index contributed by atoms with van der Waals surface area (Å²) in [5.41, 5.74) is 7.04. The van der Waals surface area contributed by atoms with Crippen molar-refractivity contribution < 1.29 is 19.1 Å². The van der Waals surface area contributed by atoms with Crippen molar-refractivity contribution in [1.29, 1.82) is 0 Å². The van der Waals surface area contributed by atoms with E-state index in [4.69, 9.17) is 5.53 Å². The molecule has 0 aliphatic heterocycles. The van der Waals surface area contributed by atoms with Crippen LogP contribution in [-0.2, 0) is 14.3 Å². The highest BCUT2D eigenvalue weighted by molar-refractivity contribution is 6.34. The van der Waals surface area contributed by atoms with Gasteiger partial charge in [0.25, 0.3) is 5.78 Å². The average Bonchev–Trinajstić information content (AvgIpc) is 2.84.